The van der Waals surface area contributed by atoms with Crippen molar-refractivity contribution in [3.63, 3.8) is 0 Å². The van der Waals surface area contributed by atoms with Gasteiger partial charge in [-0.2, -0.15) is 0 Å². The SMILES string of the molecule is CC(C)(C)N1C[C@H]2C[C@](C)(CN2)C1. The van der Waals surface area contributed by atoms with E-state index in [-0.39, 0.29) is 0 Å². The molecule has 2 bridgehead atoms. The zero-order chi connectivity index (χ0) is 9.69. The molecule has 0 unspecified atom stereocenters. The Morgan fingerprint density at radius 1 is 1.38 bits per heavy atom. The average Bonchev–Trinajstić information content (AvgIpc) is 2.23. The standard InChI is InChI=1S/C11H22N2/c1-10(2,3)13-6-9-5-11(4,8-13)7-12-9/h9,12H,5-8H2,1-4H3/t9-,11-/m1/s1. The summed E-state index contributed by atoms with van der Waals surface area (Å²) in [5, 5.41) is 3.62. The maximum Gasteiger partial charge on any atom is 0.0201 e. The van der Waals surface area contributed by atoms with Crippen molar-refractivity contribution in [3.8, 4) is 0 Å². The first-order valence-corrected chi connectivity index (χ1v) is 5.38. The van der Waals surface area contributed by atoms with Crippen LogP contribution in [0.25, 0.3) is 0 Å². The van der Waals surface area contributed by atoms with Crippen LogP contribution in [0.3, 0.4) is 0 Å². The van der Waals surface area contributed by atoms with Gasteiger partial charge in [0, 0.05) is 31.2 Å². The summed E-state index contributed by atoms with van der Waals surface area (Å²) in [5.41, 5.74) is 0.877. The second-order valence-corrected chi connectivity index (χ2v) is 6.14. The summed E-state index contributed by atoms with van der Waals surface area (Å²) in [4.78, 5) is 2.63. The van der Waals surface area contributed by atoms with Crippen LogP contribution in [-0.2, 0) is 0 Å². The molecule has 2 rings (SSSR count). The summed E-state index contributed by atoms with van der Waals surface area (Å²) in [7, 11) is 0. The minimum absolute atomic E-state index is 0.339. The van der Waals surface area contributed by atoms with E-state index in [2.05, 4.69) is 37.9 Å². The summed E-state index contributed by atoms with van der Waals surface area (Å²) in [5.74, 6) is 0. The third-order valence-corrected chi connectivity index (χ3v) is 3.52. The van der Waals surface area contributed by atoms with Crippen molar-refractivity contribution in [1.82, 2.24) is 10.2 Å². The van der Waals surface area contributed by atoms with Crippen LogP contribution in [0, 0.1) is 5.41 Å². The highest BCUT2D eigenvalue weighted by atomic mass is 15.2. The first-order valence-electron chi connectivity index (χ1n) is 5.38. The fourth-order valence-corrected chi connectivity index (χ4v) is 2.68. The number of hydrogen-bond acceptors (Lipinski definition) is 2. The average molecular weight is 182 g/mol. The largest absolute Gasteiger partial charge is 0.312 e. The van der Waals surface area contributed by atoms with Gasteiger partial charge in [0.25, 0.3) is 0 Å². The zero-order valence-electron chi connectivity index (χ0n) is 9.35. The minimum atomic E-state index is 0.339. The number of hydrogen-bond donors (Lipinski definition) is 1. The molecular formula is C11H22N2. The number of piperidine rings is 1. The lowest BCUT2D eigenvalue weighted by atomic mass is 9.82. The number of rotatable bonds is 0. The van der Waals surface area contributed by atoms with Crippen LogP contribution in [0.5, 0.6) is 0 Å². The van der Waals surface area contributed by atoms with Crippen LogP contribution < -0.4 is 5.32 Å². The first-order chi connectivity index (χ1) is 5.89. The molecule has 2 aliphatic rings. The Kier molecular flexibility index (Phi) is 1.97. The van der Waals surface area contributed by atoms with E-state index in [0.29, 0.717) is 11.0 Å². The predicted octanol–water partition coefficient (Wildman–Crippen LogP) is 1.47. The van der Waals surface area contributed by atoms with Gasteiger partial charge in [-0.05, 0) is 32.6 Å². The summed E-state index contributed by atoms with van der Waals surface area (Å²) >= 11 is 0. The van der Waals surface area contributed by atoms with Gasteiger partial charge in [0.2, 0.25) is 0 Å². The van der Waals surface area contributed by atoms with Crippen molar-refractivity contribution >= 4 is 0 Å². The smallest absolute Gasteiger partial charge is 0.0201 e. The van der Waals surface area contributed by atoms with Gasteiger partial charge in [0.15, 0.2) is 0 Å². The van der Waals surface area contributed by atoms with Crippen molar-refractivity contribution < 1.29 is 0 Å². The number of nitrogens with one attached hydrogen (secondary N) is 1. The minimum Gasteiger partial charge on any atom is -0.312 e. The van der Waals surface area contributed by atoms with Gasteiger partial charge in [0.1, 0.15) is 0 Å². The van der Waals surface area contributed by atoms with E-state index >= 15 is 0 Å². The van der Waals surface area contributed by atoms with Crippen LogP contribution in [0.2, 0.25) is 0 Å². The highest BCUT2D eigenvalue weighted by molar-refractivity contribution is 5.01. The molecule has 2 heterocycles. The Hall–Kier alpha value is -0.0800. The Morgan fingerprint density at radius 2 is 2.08 bits per heavy atom. The maximum atomic E-state index is 3.62. The van der Waals surface area contributed by atoms with Crippen molar-refractivity contribution in [2.75, 3.05) is 19.6 Å². The van der Waals surface area contributed by atoms with Crippen molar-refractivity contribution in [1.29, 1.82) is 0 Å². The van der Waals surface area contributed by atoms with Crippen LogP contribution in [-0.4, -0.2) is 36.1 Å². The topological polar surface area (TPSA) is 15.3 Å². The molecular weight excluding hydrogens is 160 g/mol. The molecule has 2 atom stereocenters. The lowest BCUT2D eigenvalue weighted by Crippen LogP contribution is -2.52. The molecule has 0 spiro atoms. The van der Waals surface area contributed by atoms with Gasteiger partial charge < -0.3 is 5.32 Å². The van der Waals surface area contributed by atoms with Crippen molar-refractivity contribution in [3.05, 3.63) is 0 Å². The van der Waals surface area contributed by atoms with Crippen LogP contribution in [0.4, 0.5) is 0 Å². The maximum absolute atomic E-state index is 3.62. The number of nitrogens with zero attached hydrogens (tertiary/aromatic N) is 1. The molecule has 0 amide bonds. The molecule has 0 aromatic heterocycles. The second kappa shape index (κ2) is 2.71. The summed E-state index contributed by atoms with van der Waals surface area (Å²) in [6, 6.07) is 0.748. The van der Waals surface area contributed by atoms with E-state index in [0.717, 1.165) is 6.04 Å². The summed E-state index contributed by atoms with van der Waals surface area (Å²) in [6.45, 7) is 13.1. The van der Waals surface area contributed by atoms with E-state index in [9.17, 15) is 0 Å². The Bertz CT molecular complexity index is 207. The van der Waals surface area contributed by atoms with Gasteiger partial charge in [-0.25, -0.2) is 0 Å². The highest BCUT2D eigenvalue weighted by Gasteiger charge is 2.43. The molecule has 2 aliphatic heterocycles. The predicted molar refractivity (Wildman–Crippen MR) is 55.8 cm³/mol. The normalized spacial score (nSPS) is 41.1. The fraction of sp³-hybridized carbons (Fsp3) is 1.00. The van der Waals surface area contributed by atoms with Crippen molar-refractivity contribution in [2.24, 2.45) is 5.41 Å². The van der Waals surface area contributed by atoms with E-state index in [1.165, 1.54) is 26.1 Å². The monoisotopic (exact) mass is 182 g/mol. The summed E-state index contributed by atoms with van der Waals surface area (Å²) < 4.78 is 0. The molecule has 0 aliphatic carbocycles. The molecule has 0 radical (unpaired) electrons. The van der Waals surface area contributed by atoms with Gasteiger partial charge in [-0.15, -0.1) is 0 Å². The molecule has 2 saturated heterocycles. The third kappa shape index (κ3) is 1.75. The second-order valence-electron chi connectivity index (χ2n) is 6.14. The van der Waals surface area contributed by atoms with Gasteiger partial charge in [-0.1, -0.05) is 6.92 Å². The van der Waals surface area contributed by atoms with Gasteiger partial charge in [-0.3, -0.25) is 4.90 Å². The molecule has 13 heavy (non-hydrogen) atoms. The molecule has 2 heteroatoms. The Labute approximate surface area is 81.7 Å². The molecule has 0 saturated carbocycles. The Balaban J connectivity index is 2.11. The molecule has 2 fully saturated rings. The lowest BCUT2D eigenvalue weighted by Gasteiger charge is -2.44. The number of fused-ring (bicyclic) bond motifs is 2. The van der Waals surface area contributed by atoms with Crippen LogP contribution >= 0.6 is 0 Å². The molecule has 2 nitrogen and oxygen atoms in total. The lowest BCUT2D eigenvalue weighted by molar-refractivity contribution is 0.0548. The molecule has 1 N–H and O–H groups in total. The quantitative estimate of drug-likeness (QED) is 0.610. The number of likely N-dealkylation sites (tertiary alicyclic amines) is 1. The zero-order valence-corrected chi connectivity index (χ0v) is 9.35. The van der Waals surface area contributed by atoms with Crippen molar-refractivity contribution in [2.45, 2.75) is 45.7 Å². The molecule has 0 aromatic rings. The fourth-order valence-electron chi connectivity index (χ4n) is 2.68. The first kappa shape index (κ1) is 9.47. The van der Waals surface area contributed by atoms with E-state index in [1.807, 2.05) is 0 Å². The third-order valence-electron chi connectivity index (χ3n) is 3.52. The van der Waals surface area contributed by atoms with Crippen LogP contribution in [0.1, 0.15) is 34.1 Å². The van der Waals surface area contributed by atoms with E-state index in [1.54, 1.807) is 0 Å². The summed E-state index contributed by atoms with van der Waals surface area (Å²) in [6.07, 6.45) is 1.37. The van der Waals surface area contributed by atoms with E-state index < -0.39 is 0 Å². The van der Waals surface area contributed by atoms with Crippen LogP contribution in [0.15, 0.2) is 0 Å². The van der Waals surface area contributed by atoms with E-state index in [4.69, 9.17) is 0 Å². The molecule has 0 aromatic carbocycles. The van der Waals surface area contributed by atoms with Gasteiger partial charge >= 0.3 is 0 Å². The molecule has 76 valence electrons. The van der Waals surface area contributed by atoms with Gasteiger partial charge in [0.05, 0.1) is 0 Å². The Morgan fingerprint density at radius 3 is 2.62 bits per heavy atom. The highest BCUT2D eigenvalue weighted by Crippen LogP contribution is 2.36.